The summed E-state index contributed by atoms with van der Waals surface area (Å²) in [6.07, 6.45) is 1.44. The van der Waals surface area contributed by atoms with Gasteiger partial charge >= 0.3 is 5.97 Å². The third-order valence-electron chi connectivity index (χ3n) is 6.20. The normalized spacial score (nSPS) is 14.5. The molecule has 0 fully saturated rings. The number of carbonyl (C=O) groups excluding carboxylic acids is 1. The molecule has 1 aromatic heterocycles. The molecular weight excluding hydrogens is 504 g/mol. The second-order valence-corrected chi connectivity index (χ2v) is 9.20. The van der Waals surface area contributed by atoms with Gasteiger partial charge in [-0.3, -0.25) is 0 Å². The van der Waals surface area contributed by atoms with Crippen molar-refractivity contribution in [3.63, 3.8) is 0 Å². The molecule has 1 aliphatic rings. The van der Waals surface area contributed by atoms with Gasteiger partial charge in [0, 0.05) is 5.02 Å². The quantitative estimate of drug-likeness (QED) is 0.287. The first-order valence-corrected chi connectivity index (χ1v) is 12.6. The first kappa shape index (κ1) is 25.4. The van der Waals surface area contributed by atoms with Crippen molar-refractivity contribution >= 4 is 29.2 Å². The smallest absolute Gasteiger partial charge is 0.338 e. The zero-order chi connectivity index (χ0) is 26.6. The summed E-state index contributed by atoms with van der Waals surface area (Å²) in [7, 11) is 1.36. The van der Waals surface area contributed by atoms with Crippen molar-refractivity contribution in [1.82, 2.24) is 14.8 Å². The summed E-state index contributed by atoms with van der Waals surface area (Å²) in [5.74, 6) is 1.16. The molecule has 0 spiro atoms. The molecule has 9 heteroatoms. The summed E-state index contributed by atoms with van der Waals surface area (Å²) in [6.45, 7) is 4.80. The van der Waals surface area contributed by atoms with Gasteiger partial charge in [0.05, 0.1) is 25.0 Å². The number of carbonyl (C=O) groups is 1. The van der Waals surface area contributed by atoms with Gasteiger partial charge in [0.25, 0.3) is 0 Å². The Morgan fingerprint density at radius 3 is 2.61 bits per heavy atom. The molecule has 0 saturated heterocycles. The minimum Gasteiger partial charge on any atom is -0.490 e. The molecule has 1 aliphatic heterocycles. The fraction of sp³-hybridized carbons (Fsp3) is 0.207. The molecule has 0 radical (unpaired) electrons. The van der Waals surface area contributed by atoms with Gasteiger partial charge in [-0.2, -0.15) is 10.1 Å². The number of rotatable bonds is 8. The molecule has 4 aromatic rings. The number of aromatic nitrogens is 3. The summed E-state index contributed by atoms with van der Waals surface area (Å²) in [4.78, 5) is 17.6. The van der Waals surface area contributed by atoms with Gasteiger partial charge in [0.2, 0.25) is 5.95 Å². The summed E-state index contributed by atoms with van der Waals surface area (Å²) in [5, 5.41) is 8.24. The fourth-order valence-corrected chi connectivity index (χ4v) is 4.61. The lowest BCUT2D eigenvalue weighted by atomic mass is 9.92. The number of benzene rings is 3. The molecule has 5 rings (SSSR count). The van der Waals surface area contributed by atoms with Gasteiger partial charge in [0.1, 0.15) is 19.0 Å². The van der Waals surface area contributed by atoms with Gasteiger partial charge < -0.3 is 19.5 Å². The van der Waals surface area contributed by atoms with E-state index in [2.05, 4.69) is 21.5 Å². The van der Waals surface area contributed by atoms with E-state index in [0.717, 1.165) is 16.7 Å². The van der Waals surface area contributed by atoms with E-state index in [9.17, 15) is 4.79 Å². The molecule has 0 aliphatic carbocycles. The Kier molecular flexibility index (Phi) is 7.33. The van der Waals surface area contributed by atoms with E-state index in [0.29, 0.717) is 47.0 Å². The minimum atomic E-state index is -0.628. The van der Waals surface area contributed by atoms with E-state index < -0.39 is 12.0 Å². The van der Waals surface area contributed by atoms with Gasteiger partial charge in [0.15, 0.2) is 11.5 Å². The van der Waals surface area contributed by atoms with E-state index >= 15 is 0 Å². The number of nitrogens with one attached hydrogen (secondary N) is 1. The molecular formula is C29H27ClN4O4. The predicted octanol–water partition coefficient (Wildman–Crippen LogP) is 5.82. The highest BCUT2D eigenvalue weighted by Crippen LogP contribution is 2.41. The van der Waals surface area contributed by atoms with Crippen LogP contribution < -0.4 is 14.8 Å². The highest BCUT2D eigenvalue weighted by Gasteiger charge is 2.36. The highest BCUT2D eigenvalue weighted by molar-refractivity contribution is 6.30. The number of hydrogen-bond donors (Lipinski definition) is 1. The van der Waals surface area contributed by atoms with E-state index in [1.807, 2.05) is 62.4 Å². The van der Waals surface area contributed by atoms with Crippen LogP contribution in [0.5, 0.6) is 11.5 Å². The molecule has 3 aromatic carbocycles. The van der Waals surface area contributed by atoms with Crippen LogP contribution in [0.15, 0.2) is 78.6 Å². The Bertz CT molecular complexity index is 1500. The lowest BCUT2D eigenvalue weighted by Gasteiger charge is -2.29. The lowest BCUT2D eigenvalue weighted by Crippen LogP contribution is -2.29. The second-order valence-electron chi connectivity index (χ2n) is 8.76. The molecule has 8 nitrogen and oxygen atoms in total. The zero-order valence-electron chi connectivity index (χ0n) is 21.3. The number of hydrogen-bond acceptors (Lipinski definition) is 7. The molecule has 194 valence electrons. The van der Waals surface area contributed by atoms with E-state index in [-0.39, 0.29) is 0 Å². The third-order valence-corrected chi connectivity index (χ3v) is 6.45. The zero-order valence-corrected chi connectivity index (χ0v) is 22.0. The topological polar surface area (TPSA) is 87.5 Å². The first-order valence-electron chi connectivity index (χ1n) is 12.2. The summed E-state index contributed by atoms with van der Waals surface area (Å²) < 4.78 is 19.0. The van der Waals surface area contributed by atoms with Crippen LogP contribution in [0, 0.1) is 6.92 Å². The Balaban J connectivity index is 1.58. The van der Waals surface area contributed by atoms with Crippen LogP contribution in [-0.4, -0.2) is 34.5 Å². The monoisotopic (exact) mass is 530 g/mol. The summed E-state index contributed by atoms with van der Waals surface area (Å²) in [5.41, 5.74) is 4.69. The predicted molar refractivity (Wildman–Crippen MR) is 145 cm³/mol. The fourth-order valence-electron chi connectivity index (χ4n) is 4.49. The minimum absolute atomic E-state index is 0.378. The second kappa shape index (κ2) is 11.0. The van der Waals surface area contributed by atoms with Crippen LogP contribution in [0.4, 0.5) is 5.95 Å². The van der Waals surface area contributed by atoms with Gasteiger partial charge in [-0.05, 0) is 54.8 Å². The number of halogens is 1. The molecule has 38 heavy (non-hydrogen) atoms. The number of methoxy groups -OCH3 is 1. The average Bonchev–Trinajstić information content (AvgIpc) is 3.40. The largest absolute Gasteiger partial charge is 0.490 e. The number of esters is 1. The molecule has 0 amide bonds. The Morgan fingerprint density at radius 2 is 1.87 bits per heavy atom. The van der Waals surface area contributed by atoms with E-state index in [1.54, 1.807) is 16.8 Å². The number of ether oxygens (including phenoxy) is 3. The molecule has 0 bridgehead atoms. The molecule has 1 atom stereocenters. The molecule has 2 heterocycles. The molecule has 0 saturated carbocycles. The summed E-state index contributed by atoms with van der Waals surface area (Å²) >= 11 is 6.12. The van der Waals surface area contributed by atoms with Crippen LogP contribution >= 0.6 is 11.6 Å². The number of fused-ring (bicyclic) bond motifs is 1. The van der Waals surface area contributed by atoms with E-state index in [4.69, 9.17) is 25.8 Å². The van der Waals surface area contributed by atoms with Crippen LogP contribution in [0.1, 0.15) is 35.2 Å². The number of aryl methyl sites for hydroxylation is 1. The van der Waals surface area contributed by atoms with Crippen LogP contribution in [0.2, 0.25) is 5.02 Å². The van der Waals surface area contributed by atoms with Crippen molar-refractivity contribution in [2.75, 3.05) is 19.0 Å². The highest BCUT2D eigenvalue weighted by atomic mass is 35.5. The van der Waals surface area contributed by atoms with Crippen molar-refractivity contribution < 1.29 is 19.0 Å². The van der Waals surface area contributed by atoms with Crippen molar-refractivity contribution in [3.05, 3.63) is 106 Å². The van der Waals surface area contributed by atoms with Crippen molar-refractivity contribution in [2.24, 2.45) is 0 Å². The Hall–Kier alpha value is -4.30. The maximum atomic E-state index is 13.2. The van der Waals surface area contributed by atoms with Gasteiger partial charge in [-0.15, -0.1) is 0 Å². The third kappa shape index (κ3) is 5.08. The maximum Gasteiger partial charge on any atom is 0.338 e. The first-order chi connectivity index (χ1) is 18.5. The van der Waals surface area contributed by atoms with Crippen LogP contribution in [-0.2, 0) is 16.1 Å². The average molecular weight is 531 g/mol. The standard InChI is InChI=1S/C29H27ClN4O4/c1-4-37-24-15-21(10-13-23(24)38-16-19-7-5-6-18(2)14-19)27-25(28(35)36-3)26(20-8-11-22(30)12-9-20)33-29-31-17-32-34(27)29/h5-15,17,27H,4,16H2,1-3H3,(H,31,32,33)/t27-/m0/s1. The molecule has 0 unspecified atom stereocenters. The van der Waals surface area contributed by atoms with Gasteiger partial charge in [-0.25, -0.2) is 9.48 Å². The van der Waals surface area contributed by atoms with Crippen molar-refractivity contribution in [1.29, 1.82) is 0 Å². The SMILES string of the molecule is CCOc1cc([C@H]2C(C(=O)OC)=C(c3ccc(Cl)cc3)Nc3ncnn32)ccc1OCc1cccc(C)c1. The lowest BCUT2D eigenvalue weighted by molar-refractivity contribution is -0.136. The van der Waals surface area contributed by atoms with Crippen LogP contribution in [0.25, 0.3) is 5.70 Å². The van der Waals surface area contributed by atoms with Crippen molar-refractivity contribution in [2.45, 2.75) is 26.5 Å². The number of nitrogens with zero attached hydrogens (tertiary/aromatic N) is 3. The number of anilines is 1. The van der Waals surface area contributed by atoms with Crippen molar-refractivity contribution in [3.8, 4) is 11.5 Å². The van der Waals surface area contributed by atoms with Gasteiger partial charge in [-0.1, -0.05) is 59.6 Å². The summed E-state index contributed by atoms with van der Waals surface area (Å²) in [6, 6.07) is 20.4. The molecule has 1 N–H and O–H groups in total. The Labute approximate surface area is 225 Å². The van der Waals surface area contributed by atoms with E-state index in [1.165, 1.54) is 19.0 Å². The Morgan fingerprint density at radius 1 is 1.05 bits per heavy atom. The van der Waals surface area contributed by atoms with Crippen LogP contribution in [0.3, 0.4) is 0 Å². The maximum absolute atomic E-state index is 13.2.